The molecule has 2 fully saturated rings. The normalized spacial score (nSPS) is 17.0. The maximum absolute atomic E-state index is 11.9. The first-order valence-corrected chi connectivity index (χ1v) is 14.7. The van der Waals surface area contributed by atoms with Gasteiger partial charge in [0, 0.05) is 24.4 Å². The number of aryl methyl sites for hydroxylation is 1. The molecule has 0 radical (unpaired) electrons. The van der Waals surface area contributed by atoms with Gasteiger partial charge in [0.1, 0.15) is 11.9 Å². The topological polar surface area (TPSA) is 69.3 Å². The number of methoxy groups -OCH3 is 1. The zero-order valence-electron chi connectivity index (χ0n) is 23.5. The van der Waals surface area contributed by atoms with Crippen LogP contribution in [0.15, 0.2) is 59.5 Å². The highest BCUT2D eigenvalue weighted by Gasteiger charge is 2.21. The van der Waals surface area contributed by atoms with E-state index in [0.717, 1.165) is 36.3 Å². The number of amides is 1. The lowest BCUT2D eigenvalue weighted by Crippen LogP contribution is -2.32. The van der Waals surface area contributed by atoms with Crippen LogP contribution in [0.1, 0.15) is 64.4 Å². The molecule has 2 aromatic carbocycles. The molecular weight excluding hydrogens is 500 g/mol. The smallest absolute Gasteiger partial charge is 0.407 e. The van der Waals surface area contributed by atoms with Gasteiger partial charge in [0.05, 0.1) is 26.4 Å². The highest BCUT2D eigenvalue weighted by molar-refractivity contribution is 7.96. The van der Waals surface area contributed by atoms with E-state index in [1.54, 1.807) is 19.1 Å². The van der Waals surface area contributed by atoms with Gasteiger partial charge in [0.25, 0.3) is 0 Å². The third-order valence-electron chi connectivity index (χ3n) is 5.97. The zero-order chi connectivity index (χ0) is 27.4. The average Bonchev–Trinajstić information content (AvgIpc) is 3.47. The van der Waals surface area contributed by atoms with E-state index in [2.05, 4.69) is 24.4 Å². The Morgan fingerprint density at radius 1 is 1.00 bits per heavy atom. The summed E-state index contributed by atoms with van der Waals surface area (Å²) in [6, 6.07) is 18.2. The van der Waals surface area contributed by atoms with Crippen molar-refractivity contribution in [2.45, 2.75) is 82.8 Å². The van der Waals surface area contributed by atoms with Crippen LogP contribution < -0.4 is 10.1 Å². The zero-order valence-corrected chi connectivity index (χ0v) is 24.3. The summed E-state index contributed by atoms with van der Waals surface area (Å²) in [6.45, 7) is 8.49. The van der Waals surface area contributed by atoms with Crippen molar-refractivity contribution >= 4 is 18.0 Å². The van der Waals surface area contributed by atoms with Gasteiger partial charge >= 0.3 is 6.09 Å². The summed E-state index contributed by atoms with van der Waals surface area (Å²) < 4.78 is 17.7. The van der Waals surface area contributed by atoms with E-state index < -0.39 is 0 Å². The van der Waals surface area contributed by atoms with Gasteiger partial charge in [-0.2, -0.15) is 0 Å². The third-order valence-corrected chi connectivity index (χ3v) is 6.93. The lowest BCUT2D eigenvalue weighted by molar-refractivity contribution is -0.135. The van der Waals surface area contributed by atoms with Crippen molar-refractivity contribution in [1.29, 1.82) is 0 Å². The van der Waals surface area contributed by atoms with Crippen molar-refractivity contribution in [3.05, 3.63) is 60.2 Å². The van der Waals surface area contributed by atoms with Gasteiger partial charge in [-0.1, -0.05) is 69.0 Å². The van der Waals surface area contributed by atoms with Crippen molar-refractivity contribution in [3.8, 4) is 5.75 Å². The fourth-order valence-corrected chi connectivity index (χ4v) is 4.82. The monoisotopic (exact) mass is 546 g/mol. The number of carbonyl (C=O) groups excluding carboxylic acids is 1. The summed E-state index contributed by atoms with van der Waals surface area (Å²) in [7, 11) is 1.67. The van der Waals surface area contributed by atoms with E-state index in [0.29, 0.717) is 26.3 Å². The Balaban J connectivity index is 0.000000481. The van der Waals surface area contributed by atoms with E-state index in [1.807, 2.05) is 60.8 Å². The fraction of sp³-hybridized carbons (Fsp3) is 0.567. The standard InChI is InChI=1S/C21H32N2O5S.C7H8.C2H6/c1-25-17-8-10-20(11-9-17)29-23(28-18-6-3-2-4-7-18)14-5-13-22-21(24)27-19-12-15-26-16-19;1-7-5-3-2-4-6-7;1-2/h8-11,18-19H,2-7,12-16H2,1H3,(H,22,24);2-6H,1H3;1-2H3/t19-;;/m0../s1. The predicted octanol–water partition coefficient (Wildman–Crippen LogP) is 7.20. The fourth-order valence-electron chi connectivity index (χ4n) is 3.94. The highest BCUT2D eigenvalue weighted by Crippen LogP contribution is 2.29. The molecule has 0 bridgehead atoms. The van der Waals surface area contributed by atoms with Gasteiger partial charge in [-0.25, -0.2) is 4.79 Å². The van der Waals surface area contributed by atoms with Crippen molar-refractivity contribution < 1.29 is 23.8 Å². The van der Waals surface area contributed by atoms with E-state index >= 15 is 0 Å². The van der Waals surface area contributed by atoms with Crippen LogP contribution in [0.4, 0.5) is 4.79 Å². The number of hydroxylamine groups is 1. The predicted molar refractivity (Wildman–Crippen MR) is 154 cm³/mol. The van der Waals surface area contributed by atoms with Gasteiger partial charge in [-0.05, 0) is 62.4 Å². The minimum absolute atomic E-state index is 0.119. The van der Waals surface area contributed by atoms with Crippen molar-refractivity contribution in [2.75, 3.05) is 33.4 Å². The summed E-state index contributed by atoms with van der Waals surface area (Å²) in [5.74, 6) is 0.837. The number of nitrogens with one attached hydrogen (secondary N) is 1. The third kappa shape index (κ3) is 13.5. The molecule has 1 saturated heterocycles. The minimum atomic E-state index is -0.372. The molecule has 1 amide bonds. The Hall–Kier alpha value is -2.26. The van der Waals surface area contributed by atoms with E-state index in [1.165, 1.54) is 24.8 Å². The molecule has 38 heavy (non-hydrogen) atoms. The van der Waals surface area contributed by atoms with E-state index in [-0.39, 0.29) is 18.3 Å². The summed E-state index contributed by atoms with van der Waals surface area (Å²) in [4.78, 5) is 19.2. The molecule has 8 heteroatoms. The van der Waals surface area contributed by atoms with Gasteiger partial charge < -0.3 is 19.5 Å². The number of nitrogens with zero attached hydrogens (tertiary/aromatic N) is 1. The molecule has 1 saturated carbocycles. The molecule has 1 aliphatic heterocycles. The van der Waals surface area contributed by atoms with Crippen LogP contribution in [0, 0.1) is 6.92 Å². The number of benzene rings is 2. The molecule has 1 aliphatic carbocycles. The maximum atomic E-state index is 11.9. The van der Waals surface area contributed by atoms with Gasteiger partial charge in [0.2, 0.25) is 0 Å². The minimum Gasteiger partial charge on any atom is -0.497 e. The first kappa shape index (κ1) is 32.0. The quantitative estimate of drug-likeness (QED) is 0.192. The second-order valence-electron chi connectivity index (χ2n) is 9.01. The number of hydrogen-bond acceptors (Lipinski definition) is 7. The molecule has 1 N–H and O–H groups in total. The molecular formula is C30H46N2O5S. The van der Waals surface area contributed by atoms with Gasteiger partial charge in [-0.15, -0.1) is 4.47 Å². The second kappa shape index (κ2) is 19.8. The van der Waals surface area contributed by atoms with Crippen LogP contribution in [-0.2, 0) is 14.3 Å². The Labute approximate surface area is 233 Å². The van der Waals surface area contributed by atoms with Crippen LogP contribution in [0.2, 0.25) is 0 Å². The first-order valence-electron chi connectivity index (χ1n) is 13.9. The molecule has 212 valence electrons. The number of carbonyl (C=O) groups is 1. The van der Waals surface area contributed by atoms with Crippen LogP contribution in [0.25, 0.3) is 0 Å². The van der Waals surface area contributed by atoms with Crippen molar-refractivity contribution in [2.24, 2.45) is 0 Å². The largest absolute Gasteiger partial charge is 0.497 e. The summed E-state index contributed by atoms with van der Waals surface area (Å²) >= 11 is 1.58. The van der Waals surface area contributed by atoms with Crippen LogP contribution in [0.3, 0.4) is 0 Å². The van der Waals surface area contributed by atoms with Gasteiger partial charge in [-0.3, -0.25) is 4.84 Å². The average molecular weight is 547 g/mol. The van der Waals surface area contributed by atoms with Crippen LogP contribution >= 0.6 is 11.9 Å². The highest BCUT2D eigenvalue weighted by atomic mass is 32.2. The molecule has 0 unspecified atom stereocenters. The molecule has 1 heterocycles. The molecule has 7 nitrogen and oxygen atoms in total. The van der Waals surface area contributed by atoms with Crippen LogP contribution in [0.5, 0.6) is 5.75 Å². The van der Waals surface area contributed by atoms with Crippen molar-refractivity contribution in [1.82, 2.24) is 9.79 Å². The lowest BCUT2D eigenvalue weighted by atomic mass is 9.98. The Morgan fingerprint density at radius 2 is 1.71 bits per heavy atom. The second-order valence-corrected chi connectivity index (χ2v) is 10.1. The molecule has 0 aromatic heterocycles. The molecule has 2 aromatic rings. The lowest BCUT2D eigenvalue weighted by Gasteiger charge is -2.28. The number of ether oxygens (including phenoxy) is 3. The SMILES string of the molecule is CC.COc1ccc(SN(CCCNC(=O)O[C@H]2CCOC2)OC2CCCCC2)cc1.Cc1ccccc1. The number of hydrogen-bond donors (Lipinski definition) is 1. The van der Waals surface area contributed by atoms with Crippen LogP contribution in [-0.4, -0.2) is 56.2 Å². The summed E-state index contributed by atoms with van der Waals surface area (Å²) in [6.07, 6.45) is 7.28. The van der Waals surface area contributed by atoms with Gasteiger partial charge in [0.15, 0.2) is 0 Å². The van der Waals surface area contributed by atoms with E-state index in [4.69, 9.17) is 19.0 Å². The first-order chi connectivity index (χ1) is 18.6. The molecule has 2 aliphatic rings. The summed E-state index contributed by atoms with van der Waals surface area (Å²) in [5, 5.41) is 2.82. The maximum Gasteiger partial charge on any atom is 0.407 e. The number of rotatable bonds is 10. The molecule has 0 spiro atoms. The Bertz CT molecular complexity index is 857. The molecule has 4 rings (SSSR count). The van der Waals surface area contributed by atoms with E-state index in [9.17, 15) is 4.79 Å². The number of alkyl carbamates (subject to hydrolysis) is 1. The molecule has 1 atom stereocenters. The Morgan fingerprint density at radius 3 is 2.29 bits per heavy atom. The summed E-state index contributed by atoms with van der Waals surface area (Å²) in [5.41, 5.74) is 1.32. The Kier molecular flexibility index (Phi) is 16.6. The van der Waals surface area contributed by atoms with Crippen molar-refractivity contribution in [3.63, 3.8) is 0 Å².